The molecule has 26 aromatic rings. The van der Waals surface area contributed by atoms with E-state index in [2.05, 4.69) is 431 Å². The summed E-state index contributed by atoms with van der Waals surface area (Å²) < 4.78 is 18.8. The van der Waals surface area contributed by atoms with Crippen molar-refractivity contribution >= 4 is 152 Å². The molecule has 0 unspecified atom stereocenters. The zero-order valence-corrected chi connectivity index (χ0v) is 68.1. The summed E-state index contributed by atoms with van der Waals surface area (Å²) in [6.07, 6.45) is 0. The van der Waals surface area contributed by atoms with Crippen LogP contribution in [0, 0.1) is 0 Å². The highest BCUT2D eigenvalue weighted by Crippen LogP contribution is 2.51. The summed E-state index contributed by atoms with van der Waals surface area (Å²) in [5.74, 6) is 0. The van der Waals surface area contributed by atoms with Crippen molar-refractivity contribution in [3.05, 3.63) is 461 Å². The second kappa shape index (κ2) is 30.4. The highest BCUT2D eigenvalue weighted by Gasteiger charge is 2.24. The Morgan fingerprint density at radius 2 is 0.360 bits per heavy atom. The molecule has 3 heterocycles. The number of rotatable bonds is 9. The molecule has 0 aliphatic heterocycles. The molecule has 0 radical (unpaired) electrons. The van der Waals surface area contributed by atoms with Crippen LogP contribution in [-0.2, 0) is 0 Å². The van der Waals surface area contributed by atoms with E-state index in [0.29, 0.717) is 0 Å². The van der Waals surface area contributed by atoms with Crippen LogP contribution in [0.15, 0.2) is 474 Å². The molecule has 0 atom stereocenters. The smallest absolute Gasteiger partial charge is 0.143 e. The molecule has 0 fully saturated rings. The summed E-state index contributed by atoms with van der Waals surface area (Å²) in [6, 6.07) is 166. The lowest BCUT2D eigenvalue weighted by Crippen LogP contribution is -1.91. The molecule has 3 heteroatoms. The van der Waals surface area contributed by atoms with Crippen molar-refractivity contribution in [2.45, 2.75) is 0 Å². The minimum Gasteiger partial charge on any atom is -0.456 e. The Morgan fingerprint density at radius 3 is 0.792 bits per heavy atom. The summed E-state index contributed by atoms with van der Waals surface area (Å²) >= 11 is 0. The number of fused-ring (bicyclic) bond motifs is 17. The molecule has 0 saturated heterocycles. The number of hydrogen-bond donors (Lipinski definition) is 0. The van der Waals surface area contributed by atoms with Gasteiger partial charge in [0.15, 0.2) is 0 Å². The molecule has 0 N–H and O–H groups in total. The summed E-state index contributed by atoms with van der Waals surface area (Å²) in [7, 11) is 0. The third kappa shape index (κ3) is 12.6. The van der Waals surface area contributed by atoms with E-state index in [4.69, 9.17) is 13.3 Å². The predicted molar refractivity (Wildman–Crippen MR) is 530 cm³/mol. The monoisotopic (exact) mass is 1590 g/mol. The van der Waals surface area contributed by atoms with Crippen LogP contribution in [0.2, 0.25) is 0 Å². The van der Waals surface area contributed by atoms with Crippen molar-refractivity contribution in [3.8, 4) is 100 Å². The Balaban J connectivity index is 0.000000105. The van der Waals surface area contributed by atoms with Gasteiger partial charge in [0, 0.05) is 43.4 Å². The van der Waals surface area contributed by atoms with Gasteiger partial charge >= 0.3 is 0 Å². The van der Waals surface area contributed by atoms with Crippen LogP contribution in [0.1, 0.15) is 0 Å². The lowest BCUT2D eigenvalue weighted by atomic mass is 9.85. The van der Waals surface area contributed by atoms with E-state index in [1.807, 2.05) is 30.3 Å². The molecule has 0 spiro atoms. The Labute approximate surface area is 721 Å². The maximum Gasteiger partial charge on any atom is 0.143 e. The van der Waals surface area contributed by atoms with Gasteiger partial charge in [-0.1, -0.05) is 394 Å². The minimum atomic E-state index is 0.917. The van der Waals surface area contributed by atoms with E-state index in [1.165, 1.54) is 181 Å². The van der Waals surface area contributed by atoms with Crippen molar-refractivity contribution in [2.24, 2.45) is 0 Å². The first-order valence-electron chi connectivity index (χ1n) is 42.9. The first kappa shape index (κ1) is 72.5. The highest BCUT2D eigenvalue weighted by molar-refractivity contribution is 6.27. The van der Waals surface area contributed by atoms with Crippen LogP contribution in [0.5, 0.6) is 0 Å². The van der Waals surface area contributed by atoms with E-state index in [-0.39, 0.29) is 0 Å². The fraction of sp³-hybridized carbons (Fsp3) is 0. The van der Waals surface area contributed by atoms with Gasteiger partial charge in [-0.25, -0.2) is 0 Å². The fourth-order valence-electron chi connectivity index (χ4n) is 19.8. The van der Waals surface area contributed by atoms with Crippen LogP contribution in [0.4, 0.5) is 0 Å². The van der Waals surface area contributed by atoms with Gasteiger partial charge in [-0.05, 0) is 242 Å². The van der Waals surface area contributed by atoms with E-state index in [0.717, 1.165) is 71.4 Å². The maximum absolute atomic E-state index is 6.55. The maximum atomic E-state index is 6.55. The molecular formula is C122H76O3. The predicted octanol–water partition coefficient (Wildman–Crippen LogP) is 35.0. The van der Waals surface area contributed by atoms with Gasteiger partial charge in [0.1, 0.15) is 33.5 Å². The number of furan rings is 3. The topological polar surface area (TPSA) is 39.4 Å². The van der Waals surface area contributed by atoms with Crippen LogP contribution in [0.25, 0.3) is 252 Å². The molecule has 3 aromatic heterocycles. The Kier molecular flexibility index (Phi) is 17.6. The zero-order chi connectivity index (χ0) is 82.4. The van der Waals surface area contributed by atoms with E-state index in [9.17, 15) is 0 Å². The summed E-state index contributed by atoms with van der Waals surface area (Å²) in [4.78, 5) is 0. The first-order chi connectivity index (χ1) is 62.0. The van der Waals surface area contributed by atoms with Gasteiger partial charge < -0.3 is 13.3 Å². The Hall–Kier alpha value is -16.5. The summed E-state index contributed by atoms with van der Waals surface area (Å²) in [5, 5.41) is 27.0. The summed E-state index contributed by atoms with van der Waals surface area (Å²) in [6.45, 7) is 0. The average molecular weight is 1590 g/mol. The molecule has 3 nitrogen and oxygen atoms in total. The van der Waals surface area contributed by atoms with Crippen LogP contribution in [0.3, 0.4) is 0 Å². The molecule has 26 rings (SSSR count). The largest absolute Gasteiger partial charge is 0.456 e. The van der Waals surface area contributed by atoms with Crippen LogP contribution >= 0.6 is 0 Å². The molecular weight excluding hydrogens is 1510 g/mol. The third-order valence-electron chi connectivity index (χ3n) is 25.5. The first-order valence-corrected chi connectivity index (χ1v) is 42.9. The minimum absolute atomic E-state index is 0.917. The molecule has 0 bridgehead atoms. The summed E-state index contributed by atoms with van der Waals surface area (Å²) in [5.41, 5.74) is 27.6. The lowest BCUT2D eigenvalue weighted by Gasteiger charge is -2.18. The number of hydrogen-bond acceptors (Lipinski definition) is 3. The standard InChI is InChI=1S/2C42H26O.C38H24O/c1-2-12-28-25-30(24-23-27(28)11-1)29-13-9-14-31(26-29)40-33-16-3-5-18-35(33)41(36-19-6-4-17-34(36)40)38-21-10-20-37-32-15-7-8-22-39(32)43-42(37)38;1-2-11-28-24-30(21-20-27(28)10-1)29-12-9-13-31(25-29)41-34-15-3-5-17-36(34)42(37-18-6-4-16-35(37)41)32-22-23-40-38(26-32)33-14-7-8-19-39(33)43-40;1-2-10-26(11-3-1)37-30-13-4-6-15-32(30)38(33-16-7-5-14-31(33)37)27-20-18-25(19-21-27)28-22-23-36-34(24-28)29-12-8-9-17-35(29)39-36/h2*1-26H;1-24H. The van der Waals surface area contributed by atoms with Gasteiger partial charge in [-0.15, -0.1) is 0 Å². The highest BCUT2D eigenvalue weighted by atomic mass is 16.3. The molecule has 125 heavy (non-hydrogen) atoms. The molecule has 0 saturated carbocycles. The molecule has 0 aliphatic rings. The zero-order valence-electron chi connectivity index (χ0n) is 68.1. The number of benzene rings is 23. The average Bonchev–Trinajstić information content (AvgIpc) is 1.57. The number of para-hydroxylation sites is 4. The lowest BCUT2D eigenvalue weighted by molar-refractivity contribution is 0.668. The Bertz CT molecular complexity index is 8620. The van der Waals surface area contributed by atoms with Crippen LogP contribution in [-0.4, -0.2) is 0 Å². The van der Waals surface area contributed by atoms with Crippen molar-refractivity contribution in [2.75, 3.05) is 0 Å². The second-order valence-corrected chi connectivity index (χ2v) is 32.7. The van der Waals surface area contributed by atoms with Gasteiger partial charge in [-0.2, -0.15) is 0 Å². The van der Waals surface area contributed by atoms with Gasteiger partial charge in [0.25, 0.3) is 0 Å². The van der Waals surface area contributed by atoms with Crippen molar-refractivity contribution in [3.63, 3.8) is 0 Å². The van der Waals surface area contributed by atoms with Gasteiger partial charge in [-0.3, -0.25) is 0 Å². The van der Waals surface area contributed by atoms with Crippen molar-refractivity contribution in [1.82, 2.24) is 0 Å². The normalized spacial score (nSPS) is 11.7. The van der Waals surface area contributed by atoms with E-state index >= 15 is 0 Å². The van der Waals surface area contributed by atoms with E-state index < -0.39 is 0 Å². The van der Waals surface area contributed by atoms with Gasteiger partial charge in [0.05, 0.1) is 0 Å². The van der Waals surface area contributed by atoms with E-state index in [1.54, 1.807) is 0 Å². The van der Waals surface area contributed by atoms with Crippen molar-refractivity contribution < 1.29 is 13.3 Å². The molecule has 23 aromatic carbocycles. The second-order valence-electron chi connectivity index (χ2n) is 32.7. The quantitative estimate of drug-likeness (QED) is 0.135. The fourth-order valence-corrected chi connectivity index (χ4v) is 19.8. The SMILES string of the molecule is c1cc(-c2ccc3ccccc3c2)cc(-c2c3ccccc3c(-c3ccc4oc5ccccc5c4c3)c3ccccc23)c1.c1cc(-c2ccc3ccccc3c2)cc(-c2c3ccccc3c(-c3cccc4c3oc3ccccc34)c3ccccc23)c1.c1ccc(-c2c3ccccc3c(-c3ccc(-c4ccc5oc6ccccc6c5c4)cc3)c3ccccc23)cc1. The van der Waals surface area contributed by atoms with Gasteiger partial charge in [0.2, 0.25) is 0 Å². The third-order valence-corrected chi connectivity index (χ3v) is 25.5. The van der Waals surface area contributed by atoms with Crippen LogP contribution < -0.4 is 0 Å². The molecule has 0 aliphatic carbocycles. The molecule has 0 amide bonds. The Morgan fingerprint density at radius 1 is 0.112 bits per heavy atom. The molecule has 582 valence electrons. The van der Waals surface area contributed by atoms with Crippen molar-refractivity contribution in [1.29, 1.82) is 0 Å².